The van der Waals surface area contributed by atoms with Crippen LogP contribution in [-0.4, -0.2) is 46.0 Å². The number of anilines is 1. The zero-order valence-electron chi connectivity index (χ0n) is 14.0. The lowest BCUT2D eigenvalue weighted by atomic mass is 10.1. The lowest BCUT2D eigenvalue weighted by Crippen LogP contribution is -2.46. The molecule has 1 unspecified atom stereocenters. The van der Waals surface area contributed by atoms with Gasteiger partial charge in [0.2, 0.25) is 11.8 Å². The van der Waals surface area contributed by atoms with Gasteiger partial charge in [0.1, 0.15) is 0 Å². The Hall–Kier alpha value is -2.15. The van der Waals surface area contributed by atoms with E-state index >= 15 is 0 Å². The molecule has 0 radical (unpaired) electrons. The zero-order valence-corrected chi connectivity index (χ0v) is 14.0. The Morgan fingerprint density at radius 3 is 2.87 bits per heavy atom. The van der Waals surface area contributed by atoms with Crippen LogP contribution in [0.2, 0.25) is 0 Å². The van der Waals surface area contributed by atoms with Crippen LogP contribution < -0.4 is 15.0 Å². The van der Waals surface area contributed by atoms with E-state index < -0.39 is 0 Å². The van der Waals surface area contributed by atoms with E-state index in [4.69, 9.17) is 4.74 Å². The molecule has 1 N–H and O–H groups in total. The van der Waals surface area contributed by atoms with Crippen molar-refractivity contribution >= 4 is 5.95 Å². The Balaban J connectivity index is 1.63. The fourth-order valence-electron chi connectivity index (χ4n) is 3.17. The van der Waals surface area contributed by atoms with Gasteiger partial charge in [0, 0.05) is 45.1 Å². The highest BCUT2D eigenvalue weighted by molar-refractivity contribution is 5.32. The molecule has 124 valence electrons. The summed E-state index contributed by atoms with van der Waals surface area (Å²) in [5.74, 6) is 1.64. The van der Waals surface area contributed by atoms with Crippen molar-refractivity contribution in [2.24, 2.45) is 7.05 Å². The third-order valence-corrected chi connectivity index (χ3v) is 4.31. The Kier molecular flexibility index (Phi) is 4.76. The first kappa shape index (κ1) is 15.7. The van der Waals surface area contributed by atoms with Gasteiger partial charge < -0.3 is 15.0 Å². The van der Waals surface area contributed by atoms with Crippen molar-refractivity contribution in [2.45, 2.75) is 32.4 Å². The number of hydrogen-bond acceptors (Lipinski definition) is 6. The molecule has 1 aliphatic rings. The van der Waals surface area contributed by atoms with Crippen LogP contribution in [0.1, 0.15) is 24.1 Å². The first-order valence-electron chi connectivity index (χ1n) is 8.01. The highest BCUT2D eigenvalue weighted by atomic mass is 16.5. The predicted octanol–water partition coefficient (Wildman–Crippen LogP) is 1.29. The minimum atomic E-state index is 0.414. The maximum absolute atomic E-state index is 5.46. The molecule has 1 fully saturated rings. The number of nitrogens with zero attached hydrogens (tertiary/aromatic N) is 5. The summed E-state index contributed by atoms with van der Waals surface area (Å²) in [4.78, 5) is 11.0. The number of methoxy groups -OCH3 is 1. The number of aromatic nitrogens is 4. The number of aryl methyl sites for hydroxylation is 2. The third kappa shape index (κ3) is 3.44. The largest absolute Gasteiger partial charge is 0.481 e. The first-order valence-corrected chi connectivity index (χ1v) is 8.01. The summed E-state index contributed by atoms with van der Waals surface area (Å²) in [5.41, 5.74) is 2.14. The van der Waals surface area contributed by atoms with E-state index in [2.05, 4.69) is 25.3 Å². The number of hydrogen-bond donors (Lipinski definition) is 1. The van der Waals surface area contributed by atoms with Crippen LogP contribution in [0.4, 0.5) is 5.95 Å². The maximum atomic E-state index is 5.46. The summed E-state index contributed by atoms with van der Waals surface area (Å²) < 4.78 is 7.25. The van der Waals surface area contributed by atoms with Gasteiger partial charge in [-0.15, -0.1) is 0 Å². The Labute approximate surface area is 136 Å². The van der Waals surface area contributed by atoms with Gasteiger partial charge in [-0.05, 0) is 25.8 Å². The number of rotatable bonds is 5. The topological polar surface area (TPSA) is 68.1 Å². The lowest BCUT2D eigenvalue weighted by Gasteiger charge is -2.33. The molecular formula is C16H24N6O. The summed E-state index contributed by atoms with van der Waals surface area (Å²) in [7, 11) is 3.60. The van der Waals surface area contributed by atoms with Crippen molar-refractivity contribution < 1.29 is 4.74 Å². The second-order valence-electron chi connectivity index (χ2n) is 5.91. The van der Waals surface area contributed by atoms with Crippen molar-refractivity contribution in [3.63, 3.8) is 0 Å². The smallest absolute Gasteiger partial charge is 0.225 e. The summed E-state index contributed by atoms with van der Waals surface area (Å²) in [6.07, 6.45) is 5.89. The molecule has 1 saturated heterocycles. The van der Waals surface area contributed by atoms with Crippen LogP contribution in [0.15, 0.2) is 18.5 Å². The molecular weight excluding hydrogens is 292 g/mol. The normalized spacial score (nSPS) is 18.2. The average molecular weight is 316 g/mol. The fraction of sp³-hybridized carbons (Fsp3) is 0.562. The molecule has 0 spiro atoms. The van der Waals surface area contributed by atoms with E-state index in [0.717, 1.165) is 55.6 Å². The Morgan fingerprint density at radius 2 is 2.13 bits per heavy atom. The van der Waals surface area contributed by atoms with E-state index in [-0.39, 0.29) is 0 Å². The first-order chi connectivity index (χ1) is 11.2. The van der Waals surface area contributed by atoms with Crippen LogP contribution in [0.25, 0.3) is 0 Å². The summed E-state index contributed by atoms with van der Waals surface area (Å²) in [6, 6.07) is 2.26. The second kappa shape index (κ2) is 6.95. The molecule has 1 aliphatic heterocycles. The van der Waals surface area contributed by atoms with E-state index in [1.54, 1.807) is 24.2 Å². The molecule has 0 aromatic carbocycles. The van der Waals surface area contributed by atoms with Gasteiger partial charge in [0.05, 0.1) is 18.4 Å². The van der Waals surface area contributed by atoms with Gasteiger partial charge in [0.25, 0.3) is 0 Å². The molecule has 23 heavy (non-hydrogen) atoms. The van der Waals surface area contributed by atoms with Crippen LogP contribution in [0, 0.1) is 6.92 Å². The minimum Gasteiger partial charge on any atom is -0.481 e. The van der Waals surface area contributed by atoms with Crippen molar-refractivity contribution in [2.75, 3.05) is 25.1 Å². The SMILES string of the molecule is COc1c(CNC2CCCN(c3ncccn3)C2)c(C)nn1C. The number of piperidine rings is 1. The second-order valence-corrected chi connectivity index (χ2v) is 5.91. The highest BCUT2D eigenvalue weighted by Crippen LogP contribution is 2.22. The van der Waals surface area contributed by atoms with E-state index in [1.165, 1.54) is 0 Å². The van der Waals surface area contributed by atoms with Gasteiger partial charge in [-0.2, -0.15) is 5.10 Å². The van der Waals surface area contributed by atoms with E-state index in [0.29, 0.717) is 6.04 Å². The van der Waals surface area contributed by atoms with Crippen molar-refractivity contribution in [3.8, 4) is 5.88 Å². The Morgan fingerprint density at radius 1 is 1.35 bits per heavy atom. The van der Waals surface area contributed by atoms with E-state index in [1.807, 2.05) is 20.0 Å². The molecule has 2 aromatic rings. The number of ether oxygens (including phenoxy) is 1. The third-order valence-electron chi connectivity index (χ3n) is 4.31. The summed E-state index contributed by atoms with van der Waals surface area (Å²) in [5, 5.41) is 8.07. The van der Waals surface area contributed by atoms with Gasteiger partial charge in [-0.3, -0.25) is 0 Å². The molecule has 0 saturated carbocycles. The molecule has 7 heteroatoms. The number of nitrogens with one attached hydrogen (secondary N) is 1. The average Bonchev–Trinajstić information content (AvgIpc) is 2.86. The maximum Gasteiger partial charge on any atom is 0.225 e. The molecule has 7 nitrogen and oxygen atoms in total. The van der Waals surface area contributed by atoms with Crippen LogP contribution in [0.3, 0.4) is 0 Å². The monoisotopic (exact) mass is 316 g/mol. The van der Waals surface area contributed by atoms with Crippen molar-refractivity contribution in [3.05, 3.63) is 29.7 Å². The molecule has 0 bridgehead atoms. The van der Waals surface area contributed by atoms with Crippen LogP contribution in [-0.2, 0) is 13.6 Å². The van der Waals surface area contributed by atoms with Crippen molar-refractivity contribution in [1.82, 2.24) is 25.1 Å². The molecule has 0 aliphatic carbocycles. The summed E-state index contributed by atoms with van der Waals surface area (Å²) >= 11 is 0. The zero-order chi connectivity index (χ0) is 16.2. The molecule has 0 amide bonds. The lowest BCUT2D eigenvalue weighted by molar-refractivity contribution is 0.363. The standard InChI is InChI=1S/C16H24N6O/c1-12-14(15(23-3)21(2)20-12)10-19-13-6-4-9-22(11-13)16-17-7-5-8-18-16/h5,7-8,13,19H,4,6,9-11H2,1-3H3. The summed E-state index contributed by atoms with van der Waals surface area (Å²) in [6.45, 7) is 4.71. The predicted molar refractivity (Wildman–Crippen MR) is 88.6 cm³/mol. The van der Waals surface area contributed by atoms with Gasteiger partial charge in [0.15, 0.2) is 0 Å². The van der Waals surface area contributed by atoms with Gasteiger partial charge in [-0.25, -0.2) is 14.6 Å². The Bertz CT molecular complexity index is 642. The fourth-order valence-corrected chi connectivity index (χ4v) is 3.17. The van der Waals surface area contributed by atoms with Crippen LogP contribution >= 0.6 is 0 Å². The molecule has 2 aromatic heterocycles. The molecule has 3 heterocycles. The van der Waals surface area contributed by atoms with Crippen LogP contribution in [0.5, 0.6) is 5.88 Å². The quantitative estimate of drug-likeness (QED) is 0.896. The highest BCUT2D eigenvalue weighted by Gasteiger charge is 2.22. The molecule has 1 atom stereocenters. The van der Waals surface area contributed by atoms with Gasteiger partial charge >= 0.3 is 0 Å². The molecule has 3 rings (SSSR count). The van der Waals surface area contributed by atoms with Gasteiger partial charge in [-0.1, -0.05) is 0 Å². The van der Waals surface area contributed by atoms with E-state index in [9.17, 15) is 0 Å². The van der Waals surface area contributed by atoms with Crippen molar-refractivity contribution in [1.29, 1.82) is 0 Å². The minimum absolute atomic E-state index is 0.414.